The van der Waals surface area contributed by atoms with Gasteiger partial charge in [0.05, 0.1) is 22.8 Å². The molecule has 0 spiro atoms. The van der Waals surface area contributed by atoms with E-state index in [-0.39, 0.29) is 34.6 Å². The summed E-state index contributed by atoms with van der Waals surface area (Å²) in [7, 11) is 1.69. The summed E-state index contributed by atoms with van der Waals surface area (Å²) in [4.78, 5) is 42.0. The van der Waals surface area contributed by atoms with E-state index >= 15 is 4.39 Å². The van der Waals surface area contributed by atoms with E-state index in [0.717, 1.165) is 0 Å². The van der Waals surface area contributed by atoms with Gasteiger partial charge < -0.3 is 20.7 Å². The minimum absolute atomic E-state index is 0.0659. The van der Waals surface area contributed by atoms with Crippen molar-refractivity contribution < 1.29 is 23.5 Å². The molecule has 4 rings (SSSR count). The highest BCUT2D eigenvalue weighted by Crippen LogP contribution is 2.47. The van der Waals surface area contributed by atoms with Crippen molar-refractivity contribution >= 4 is 29.3 Å². The zero-order valence-electron chi connectivity index (χ0n) is 20.2. The minimum Gasteiger partial charge on any atom is -0.422 e. The van der Waals surface area contributed by atoms with E-state index in [4.69, 9.17) is 10.00 Å². The van der Waals surface area contributed by atoms with Crippen LogP contribution in [0.15, 0.2) is 54.7 Å². The molecule has 1 fully saturated rings. The van der Waals surface area contributed by atoms with Gasteiger partial charge in [0.1, 0.15) is 17.4 Å². The first-order valence-electron chi connectivity index (χ1n) is 11.6. The molecule has 2 unspecified atom stereocenters. The summed E-state index contributed by atoms with van der Waals surface area (Å²) in [5.74, 6) is -1.82. The van der Waals surface area contributed by atoms with E-state index in [1.165, 1.54) is 24.4 Å². The van der Waals surface area contributed by atoms with E-state index < -0.39 is 29.8 Å². The number of nitrogens with one attached hydrogen (secondary N) is 3. The fourth-order valence-corrected chi connectivity index (χ4v) is 3.89. The number of esters is 1. The Morgan fingerprint density at radius 1 is 1.14 bits per heavy atom. The number of amides is 2. The molecule has 10 heteroatoms. The Hall–Kier alpha value is -4.78. The van der Waals surface area contributed by atoms with E-state index in [9.17, 15) is 14.4 Å². The van der Waals surface area contributed by atoms with Crippen molar-refractivity contribution in [3.8, 4) is 11.8 Å². The highest BCUT2D eigenvalue weighted by molar-refractivity contribution is 6.01. The molecule has 2 aromatic carbocycles. The Bertz CT molecular complexity index is 1380. The molecule has 3 N–H and O–H groups in total. The van der Waals surface area contributed by atoms with Gasteiger partial charge in [0.25, 0.3) is 0 Å². The number of pyridine rings is 1. The van der Waals surface area contributed by atoms with Crippen LogP contribution in [-0.4, -0.2) is 35.9 Å². The summed E-state index contributed by atoms with van der Waals surface area (Å²) in [6.07, 6.45) is 1.85. The fraction of sp³-hybridized carbons (Fsp3) is 0.222. The molecule has 1 saturated carbocycles. The number of ketones is 1. The predicted molar refractivity (Wildman–Crippen MR) is 134 cm³/mol. The lowest BCUT2D eigenvalue weighted by Crippen LogP contribution is -2.31. The summed E-state index contributed by atoms with van der Waals surface area (Å²) < 4.78 is 20.7. The lowest BCUT2D eigenvalue weighted by Gasteiger charge is -2.15. The third-order valence-corrected chi connectivity index (χ3v) is 5.96. The van der Waals surface area contributed by atoms with Crippen molar-refractivity contribution in [3.63, 3.8) is 0 Å². The first-order chi connectivity index (χ1) is 17.8. The van der Waals surface area contributed by atoms with Gasteiger partial charge in [-0.3, -0.25) is 4.79 Å². The Balaban J connectivity index is 1.55. The normalized spacial score (nSPS) is 15.7. The van der Waals surface area contributed by atoms with Gasteiger partial charge in [-0.2, -0.15) is 5.26 Å². The Morgan fingerprint density at radius 3 is 2.51 bits per heavy atom. The van der Waals surface area contributed by atoms with E-state index in [0.29, 0.717) is 23.5 Å². The molecule has 0 saturated heterocycles. The quantitative estimate of drug-likeness (QED) is 0.233. The molecule has 2 atom stereocenters. The fourth-order valence-electron chi connectivity index (χ4n) is 3.89. The highest BCUT2D eigenvalue weighted by atomic mass is 19.1. The average Bonchev–Trinajstić information content (AvgIpc) is 3.66. The molecule has 188 valence electrons. The lowest BCUT2D eigenvalue weighted by atomic mass is 10.00. The number of hydrogen-bond acceptors (Lipinski definition) is 7. The maximum absolute atomic E-state index is 15.1. The number of Topliss-reactive ketones (excluding diaryl/α,β-unsaturated/α-hetero) is 1. The van der Waals surface area contributed by atoms with Crippen molar-refractivity contribution in [2.24, 2.45) is 0 Å². The molecule has 1 aromatic heterocycles. The topological polar surface area (TPSA) is 133 Å². The van der Waals surface area contributed by atoms with Gasteiger partial charge in [-0.15, -0.1) is 0 Å². The number of benzene rings is 2. The van der Waals surface area contributed by atoms with Gasteiger partial charge in [0.15, 0.2) is 5.78 Å². The Morgan fingerprint density at radius 2 is 1.89 bits per heavy atom. The van der Waals surface area contributed by atoms with Gasteiger partial charge in [-0.05, 0) is 55.0 Å². The predicted octanol–water partition coefficient (Wildman–Crippen LogP) is 4.62. The molecule has 1 aliphatic carbocycles. The Labute approximate surface area is 212 Å². The van der Waals surface area contributed by atoms with Gasteiger partial charge in [-0.1, -0.05) is 6.92 Å². The standard InChI is InChI=1S/C27H24FN5O4/c1-3-22(34)18-9-10-20(28)24(25(18)37-26(35)16-6-11-23(30-2)31-14-16)19-12-21(19)33-27(36)32-17-7-4-15(13-29)5-8-17/h4-11,14,19,21H,3,12H2,1-2H3,(H,30,31)(H2,32,33,36). The van der Waals surface area contributed by atoms with Crippen LogP contribution in [0.3, 0.4) is 0 Å². The average molecular weight is 502 g/mol. The smallest absolute Gasteiger partial charge is 0.345 e. The number of aromatic nitrogens is 1. The lowest BCUT2D eigenvalue weighted by molar-refractivity contribution is 0.0729. The van der Waals surface area contributed by atoms with Crippen molar-refractivity contribution in [1.29, 1.82) is 5.26 Å². The second-order valence-electron chi connectivity index (χ2n) is 8.42. The molecule has 0 radical (unpaired) electrons. The number of ether oxygens (including phenoxy) is 1. The number of halogens is 1. The Kier molecular flexibility index (Phi) is 7.44. The van der Waals surface area contributed by atoms with Crippen molar-refractivity contribution in [1.82, 2.24) is 10.3 Å². The number of carbonyl (C=O) groups is 3. The zero-order valence-corrected chi connectivity index (χ0v) is 20.2. The zero-order chi connectivity index (χ0) is 26.5. The largest absolute Gasteiger partial charge is 0.422 e. The molecule has 2 amide bonds. The summed E-state index contributed by atoms with van der Waals surface area (Å²) in [5.41, 5.74) is 1.25. The molecule has 9 nitrogen and oxygen atoms in total. The van der Waals surface area contributed by atoms with Crippen LogP contribution in [-0.2, 0) is 0 Å². The van der Waals surface area contributed by atoms with Crippen LogP contribution in [0, 0.1) is 17.1 Å². The number of nitriles is 1. The third kappa shape index (κ3) is 5.73. The van der Waals surface area contributed by atoms with Gasteiger partial charge in [0, 0.05) is 42.9 Å². The van der Waals surface area contributed by atoms with E-state index in [1.807, 2.05) is 6.07 Å². The molecule has 3 aromatic rings. The van der Waals surface area contributed by atoms with E-state index in [1.54, 1.807) is 44.3 Å². The molecule has 37 heavy (non-hydrogen) atoms. The number of rotatable bonds is 8. The van der Waals surface area contributed by atoms with Crippen LogP contribution in [0.25, 0.3) is 0 Å². The molecular formula is C27H24FN5O4. The molecule has 1 heterocycles. The van der Waals surface area contributed by atoms with Crippen LogP contribution in [0.1, 0.15) is 57.5 Å². The first-order valence-corrected chi connectivity index (χ1v) is 11.6. The van der Waals surface area contributed by atoms with Gasteiger partial charge in [-0.25, -0.2) is 19.0 Å². The first kappa shape index (κ1) is 25.3. The molecular weight excluding hydrogens is 477 g/mol. The van der Waals surface area contributed by atoms with Crippen LogP contribution in [0.5, 0.6) is 5.75 Å². The monoisotopic (exact) mass is 501 g/mol. The van der Waals surface area contributed by atoms with Crippen LogP contribution >= 0.6 is 0 Å². The highest BCUT2D eigenvalue weighted by Gasteiger charge is 2.44. The maximum Gasteiger partial charge on any atom is 0.345 e. The second kappa shape index (κ2) is 10.9. The number of nitrogens with zero attached hydrogens (tertiary/aromatic N) is 2. The van der Waals surface area contributed by atoms with Crippen molar-refractivity contribution in [2.45, 2.75) is 31.7 Å². The number of hydrogen-bond donors (Lipinski definition) is 3. The summed E-state index contributed by atoms with van der Waals surface area (Å²) >= 11 is 0. The van der Waals surface area contributed by atoms with Crippen molar-refractivity contribution in [3.05, 3.63) is 82.8 Å². The molecule has 0 bridgehead atoms. The number of urea groups is 1. The second-order valence-corrected chi connectivity index (χ2v) is 8.42. The summed E-state index contributed by atoms with van der Waals surface area (Å²) in [5, 5.41) is 17.2. The minimum atomic E-state index is -0.782. The van der Waals surface area contributed by atoms with Gasteiger partial charge in [0.2, 0.25) is 0 Å². The molecule has 0 aliphatic heterocycles. The number of carbonyl (C=O) groups excluding carboxylic acids is 3. The maximum atomic E-state index is 15.1. The number of anilines is 2. The SMILES string of the molecule is CCC(=O)c1ccc(F)c(C2CC2NC(=O)Nc2ccc(C#N)cc2)c1OC(=O)c1ccc(NC)nc1. The summed E-state index contributed by atoms with van der Waals surface area (Å²) in [6.45, 7) is 1.66. The van der Waals surface area contributed by atoms with Crippen LogP contribution < -0.4 is 20.7 Å². The third-order valence-electron chi connectivity index (χ3n) is 5.96. The summed E-state index contributed by atoms with van der Waals surface area (Å²) in [6, 6.07) is 13.0. The molecule has 1 aliphatic rings. The van der Waals surface area contributed by atoms with Crippen LogP contribution in [0.4, 0.5) is 20.7 Å². The van der Waals surface area contributed by atoms with E-state index in [2.05, 4.69) is 20.9 Å². The van der Waals surface area contributed by atoms with Crippen molar-refractivity contribution in [2.75, 3.05) is 17.7 Å². The van der Waals surface area contributed by atoms with Gasteiger partial charge >= 0.3 is 12.0 Å². The van der Waals surface area contributed by atoms with Crippen LogP contribution in [0.2, 0.25) is 0 Å².